The summed E-state index contributed by atoms with van der Waals surface area (Å²) in [6.45, 7) is 1.91. The van der Waals surface area contributed by atoms with E-state index in [-0.39, 0.29) is 5.78 Å². The van der Waals surface area contributed by atoms with Crippen molar-refractivity contribution in [3.63, 3.8) is 0 Å². The Morgan fingerprint density at radius 2 is 1.44 bits per heavy atom. The molecule has 0 radical (unpaired) electrons. The summed E-state index contributed by atoms with van der Waals surface area (Å²) in [6, 6.07) is 27.6. The van der Waals surface area contributed by atoms with Gasteiger partial charge in [-0.25, -0.2) is 0 Å². The second kappa shape index (κ2) is 8.36. The van der Waals surface area contributed by atoms with Gasteiger partial charge in [-0.2, -0.15) is 0 Å². The maximum Gasteiger partial charge on any atom is 0.187 e. The first kappa shape index (κ1) is 17.1. The van der Waals surface area contributed by atoms with Crippen LogP contribution in [0.25, 0.3) is 0 Å². The molecule has 0 aliphatic rings. The van der Waals surface area contributed by atoms with Gasteiger partial charge in [0, 0.05) is 27.1 Å². The van der Waals surface area contributed by atoms with E-state index in [1.165, 1.54) is 4.90 Å². The van der Waals surface area contributed by atoms with Crippen molar-refractivity contribution in [2.24, 2.45) is 0 Å². The number of hydrogen-bond donors (Lipinski definition) is 1. The van der Waals surface area contributed by atoms with Crippen LogP contribution >= 0.6 is 11.8 Å². The average Bonchev–Trinajstić information content (AvgIpc) is 2.65. The normalized spacial score (nSPS) is 11.2. The minimum Gasteiger partial charge on any atom is -0.358 e. The topological polar surface area (TPSA) is 29.1 Å². The van der Waals surface area contributed by atoms with Gasteiger partial charge in [0.25, 0.3) is 0 Å². The standard InChI is InChI=1S/C22H19NOS/c1-17(16-21(24)18-10-4-2-5-11-18)23-20-14-8-9-15-22(20)25-19-12-6-3-7-13-19/h2-16,23H,1H3. The van der Waals surface area contributed by atoms with Gasteiger partial charge in [-0.15, -0.1) is 0 Å². The van der Waals surface area contributed by atoms with E-state index in [2.05, 4.69) is 23.5 Å². The first-order valence-electron chi connectivity index (χ1n) is 8.09. The molecule has 3 heteroatoms. The lowest BCUT2D eigenvalue weighted by Crippen LogP contribution is -2.02. The van der Waals surface area contributed by atoms with E-state index in [4.69, 9.17) is 0 Å². The number of rotatable bonds is 6. The Bertz CT molecular complexity index is 873. The summed E-state index contributed by atoms with van der Waals surface area (Å²) in [5.41, 5.74) is 2.50. The third kappa shape index (κ3) is 4.85. The zero-order chi connectivity index (χ0) is 17.5. The quantitative estimate of drug-likeness (QED) is 0.436. The molecule has 3 aromatic carbocycles. The fourth-order valence-corrected chi connectivity index (χ4v) is 3.33. The fourth-order valence-electron chi connectivity index (χ4n) is 2.41. The van der Waals surface area contributed by atoms with Gasteiger partial charge < -0.3 is 5.32 Å². The third-order valence-electron chi connectivity index (χ3n) is 3.60. The number of anilines is 1. The van der Waals surface area contributed by atoms with Crippen molar-refractivity contribution in [2.75, 3.05) is 5.32 Å². The van der Waals surface area contributed by atoms with Gasteiger partial charge in [0.2, 0.25) is 0 Å². The van der Waals surface area contributed by atoms with Crippen LogP contribution in [0.5, 0.6) is 0 Å². The monoisotopic (exact) mass is 345 g/mol. The average molecular weight is 345 g/mol. The van der Waals surface area contributed by atoms with Gasteiger partial charge in [-0.1, -0.05) is 72.4 Å². The molecule has 0 aliphatic carbocycles. The number of nitrogens with one attached hydrogen (secondary N) is 1. The molecule has 0 saturated heterocycles. The van der Waals surface area contributed by atoms with Gasteiger partial charge >= 0.3 is 0 Å². The molecule has 3 rings (SSSR count). The summed E-state index contributed by atoms with van der Waals surface area (Å²) >= 11 is 1.70. The zero-order valence-corrected chi connectivity index (χ0v) is 14.8. The summed E-state index contributed by atoms with van der Waals surface area (Å²) in [7, 11) is 0. The van der Waals surface area contributed by atoms with Crippen LogP contribution in [0.4, 0.5) is 5.69 Å². The van der Waals surface area contributed by atoms with E-state index >= 15 is 0 Å². The Kier molecular flexibility index (Phi) is 5.70. The van der Waals surface area contributed by atoms with Crippen LogP contribution in [0.1, 0.15) is 17.3 Å². The first-order chi connectivity index (χ1) is 12.2. The van der Waals surface area contributed by atoms with Gasteiger partial charge in [0.15, 0.2) is 5.78 Å². The number of allylic oxidation sites excluding steroid dienone is 2. The Hall–Kier alpha value is -2.78. The predicted molar refractivity (Wildman–Crippen MR) is 105 cm³/mol. The van der Waals surface area contributed by atoms with Crippen LogP contribution in [0.15, 0.2) is 106 Å². The maximum atomic E-state index is 12.3. The number of para-hydroxylation sites is 1. The summed E-state index contributed by atoms with van der Waals surface area (Å²) < 4.78 is 0. The lowest BCUT2D eigenvalue weighted by Gasteiger charge is -2.12. The highest BCUT2D eigenvalue weighted by Crippen LogP contribution is 2.33. The summed E-state index contributed by atoms with van der Waals surface area (Å²) in [4.78, 5) is 14.6. The Morgan fingerprint density at radius 1 is 0.840 bits per heavy atom. The highest BCUT2D eigenvalue weighted by atomic mass is 32.2. The van der Waals surface area contributed by atoms with Crippen LogP contribution in [0.3, 0.4) is 0 Å². The molecule has 0 amide bonds. The van der Waals surface area contributed by atoms with Gasteiger partial charge in [-0.05, 0) is 31.2 Å². The highest BCUT2D eigenvalue weighted by molar-refractivity contribution is 7.99. The second-order valence-corrected chi connectivity index (χ2v) is 6.71. The van der Waals surface area contributed by atoms with Gasteiger partial charge in [0.1, 0.15) is 0 Å². The maximum absolute atomic E-state index is 12.3. The highest BCUT2D eigenvalue weighted by Gasteiger charge is 2.06. The lowest BCUT2D eigenvalue weighted by atomic mass is 10.1. The number of ketones is 1. The molecule has 124 valence electrons. The number of benzene rings is 3. The molecule has 0 aromatic heterocycles. The van der Waals surface area contributed by atoms with Crippen LogP contribution in [-0.4, -0.2) is 5.78 Å². The molecule has 1 N–H and O–H groups in total. The minimum absolute atomic E-state index is 0.00112. The van der Waals surface area contributed by atoms with E-state index in [0.29, 0.717) is 5.56 Å². The molecule has 0 heterocycles. The van der Waals surface area contributed by atoms with E-state index in [1.54, 1.807) is 17.8 Å². The third-order valence-corrected chi connectivity index (χ3v) is 4.68. The van der Waals surface area contributed by atoms with Crippen molar-refractivity contribution in [2.45, 2.75) is 16.7 Å². The molecule has 0 atom stereocenters. The predicted octanol–water partition coefficient (Wildman–Crippen LogP) is 6.04. The Morgan fingerprint density at radius 3 is 2.16 bits per heavy atom. The molecule has 0 unspecified atom stereocenters. The smallest absolute Gasteiger partial charge is 0.187 e. The van der Waals surface area contributed by atoms with E-state index in [0.717, 1.165) is 16.3 Å². The number of carbonyl (C=O) groups excluding carboxylic acids is 1. The van der Waals surface area contributed by atoms with Gasteiger partial charge in [0.05, 0.1) is 5.69 Å². The second-order valence-electron chi connectivity index (χ2n) is 5.59. The van der Waals surface area contributed by atoms with Crippen molar-refractivity contribution in [3.8, 4) is 0 Å². The van der Waals surface area contributed by atoms with Crippen molar-refractivity contribution in [1.29, 1.82) is 0 Å². The summed E-state index contributed by atoms with van der Waals surface area (Å²) in [6.07, 6.45) is 1.64. The van der Waals surface area contributed by atoms with Crippen molar-refractivity contribution in [1.82, 2.24) is 0 Å². The Balaban J connectivity index is 1.76. The van der Waals surface area contributed by atoms with E-state index in [9.17, 15) is 4.79 Å². The van der Waals surface area contributed by atoms with Crippen molar-refractivity contribution < 1.29 is 4.79 Å². The lowest BCUT2D eigenvalue weighted by molar-refractivity contribution is 0.104. The molecular formula is C22H19NOS. The van der Waals surface area contributed by atoms with Gasteiger partial charge in [-0.3, -0.25) is 4.79 Å². The van der Waals surface area contributed by atoms with Crippen LogP contribution < -0.4 is 5.32 Å². The van der Waals surface area contributed by atoms with Crippen molar-refractivity contribution >= 4 is 23.2 Å². The molecule has 0 saturated carbocycles. The van der Waals surface area contributed by atoms with Crippen LogP contribution in [0, 0.1) is 0 Å². The summed E-state index contributed by atoms with van der Waals surface area (Å²) in [5.74, 6) is -0.00112. The molecule has 3 aromatic rings. The van der Waals surface area contributed by atoms with Crippen molar-refractivity contribution in [3.05, 3.63) is 102 Å². The number of carbonyl (C=O) groups is 1. The largest absolute Gasteiger partial charge is 0.358 e. The summed E-state index contributed by atoms with van der Waals surface area (Å²) in [5, 5.41) is 3.35. The first-order valence-corrected chi connectivity index (χ1v) is 8.90. The SMILES string of the molecule is CC(=CC(=O)c1ccccc1)Nc1ccccc1Sc1ccccc1. The van der Waals surface area contributed by atoms with E-state index in [1.807, 2.05) is 73.7 Å². The molecular weight excluding hydrogens is 326 g/mol. The fraction of sp³-hybridized carbons (Fsp3) is 0.0455. The molecule has 0 aliphatic heterocycles. The molecule has 25 heavy (non-hydrogen) atoms. The van der Waals surface area contributed by atoms with E-state index < -0.39 is 0 Å². The van der Waals surface area contributed by atoms with Crippen LogP contribution in [0.2, 0.25) is 0 Å². The Labute approximate surface area is 152 Å². The number of hydrogen-bond acceptors (Lipinski definition) is 3. The molecule has 0 fully saturated rings. The zero-order valence-electron chi connectivity index (χ0n) is 14.0. The molecule has 0 bridgehead atoms. The molecule has 2 nitrogen and oxygen atoms in total. The van der Waals surface area contributed by atoms with Crippen LogP contribution in [-0.2, 0) is 0 Å². The molecule has 0 spiro atoms. The minimum atomic E-state index is -0.00112.